The molecule has 0 aliphatic carbocycles. The fourth-order valence-corrected chi connectivity index (χ4v) is 8.52. The Hall–Kier alpha value is -7.36. The van der Waals surface area contributed by atoms with Gasteiger partial charge in [0.15, 0.2) is 11.5 Å². The van der Waals surface area contributed by atoms with Crippen molar-refractivity contribution in [3.63, 3.8) is 0 Å². The third-order valence-electron chi connectivity index (χ3n) is 11.1. The Morgan fingerprint density at radius 3 is 1.38 bits per heavy atom. The summed E-state index contributed by atoms with van der Waals surface area (Å²) in [6.07, 6.45) is 0. The quantitative estimate of drug-likeness (QED) is 0.166. The molecule has 6 heteroatoms. The van der Waals surface area contributed by atoms with E-state index in [1.54, 1.807) is 0 Å². The molecule has 0 atom stereocenters. The van der Waals surface area contributed by atoms with Gasteiger partial charge in [-0.15, -0.1) is 0 Å². The number of hydrogen-bond donors (Lipinski definition) is 0. The summed E-state index contributed by atoms with van der Waals surface area (Å²) in [7, 11) is 0. The SMILES string of the molecule is [C-]#[N+]c1cc(-n2c3ccccc3c3ccc(-c4ccccc4C)cc32)c(-n2c3ccccc3c3ccc(-c4ccccc4C)cc32)cc1-c1nc(C)nc(C)n1. The lowest BCUT2D eigenvalue weighted by atomic mass is 9.99. The third-order valence-corrected chi connectivity index (χ3v) is 11.1. The maximum Gasteiger partial charge on any atom is 0.200 e. The molecule has 10 aromatic rings. The molecule has 0 N–H and O–H groups in total. The van der Waals surface area contributed by atoms with Gasteiger partial charge in [0.05, 0.1) is 40.0 Å². The number of hydrogen-bond acceptors (Lipinski definition) is 3. The van der Waals surface area contributed by atoms with E-state index in [0.717, 1.165) is 66.1 Å². The van der Waals surface area contributed by atoms with Crippen LogP contribution in [0.5, 0.6) is 0 Å². The molecule has 0 saturated heterocycles. The summed E-state index contributed by atoms with van der Waals surface area (Å²) in [5, 5.41) is 4.59. The molecule has 0 aliphatic heterocycles. The highest BCUT2D eigenvalue weighted by Crippen LogP contribution is 2.44. The summed E-state index contributed by atoms with van der Waals surface area (Å²) in [5.41, 5.74) is 14.3. The molecule has 0 aliphatic rings. The largest absolute Gasteiger partial charge is 0.308 e. The first kappa shape index (κ1) is 33.2. The molecule has 0 radical (unpaired) electrons. The zero-order valence-corrected chi connectivity index (χ0v) is 31.5. The minimum Gasteiger partial charge on any atom is -0.308 e. The molecule has 266 valence electrons. The Morgan fingerprint density at radius 1 is 0.429 bits per heavy atom. The Kier molecular flexibility index (Phi) is 7.65. The van der Waals surface area contributed by atoms with Gasteiger partial charge >= 0.3 is 0 Å². The number of para-hydroxylation sites is 2. The second-order valence-electron chi connectivity index (χ2n) is 14.5. The minimum absolute atomic E-state index is 0.469. The second kappa shape index (κ2) is 12.9. The summed E-state index contributed by atoms with van der Waals surface area (Å²) in [4.78, 5) is 18.2. The normalized spacial score (nSPS) is 11.6. The summed E-state index contributed by atoms with van der Waals surface area (Å²) >= 11 is 0. The maximum absolute atomic E-state index is 8.55. The van der Waals surface area contributed by atoms with Crippen LogP contribution in [0.15, 0.2) is 146 Å². The van der Waals surface area contributed by atoms with Crippen LogP contribution in [-0.2, 0) is 0 Å². The average Bonchev–Trinajstić information content (AvgIpc) is 3.72. The van der Waals surface area contributed by atoms with Crippen LogP contribution in [0.25, 0.3) is 93.5 Å². The molecular formula is C50H36N6. The molecule has 0 spiro atoms. The van der Waals surface area contributed by atoms with Crippen LogP contribution in [0.3, 0.4) is 0 Å². The topological polar surface area (TPSA) is 52.9 Å². The van der Waals surface area contributed by atoms with Crippen LogP contribution in [0, 0.1) is 34.3 Å². The number of nitrogens with zero attached hydrogens (tertiary/aromatic N) is 6. The minimum atomic E-state index is 0.469. The van der Waals surface area contributed by atoms with Gasteiger partial charge < -0.3 is 9.13 Å². The highest BCUT2D eigenvalue weighted by Gasteiger charge is 2.24. The van der Waals surface area contributed by atoms with Crippen LogP contribution in [0.4, 0.5) is 5.69 Å². The number of fused-ring (bicyclic) bond motifs is 6. The predicted molar refractivity (Wildman–Crippen MR) is 230 cm³/mol. The molecule has 0 bridgehead atoms. The second-order valence-corrected chi connectivity index (χ2v) is 14.5. The molecule has 10 rings (SSSR count). The fraction of sp³-hybridized carbons (Fsp3) is 0.0800. The predicted octanol–water partition coefficient (Wildman–Crippen LogP) is 12.9. The molecule has 3 heterocycles. The van der Waals surface area contributed by atoms with E-state index in [9.17, 15) is 0 Å². The van der Waals surface area contributed by atoms with Crippen LogP contribution in [-0.4, -0.2) is 24.1 Å². The van der Waals surface area contributed by atoms with Gasteiger partial charge in [0.1, 0.15) is 11.6 Å². The van der Waals surface area contributed by atoms with Gasteiger partial charge in [0, 0.05) is 27.1 Å². The van der Waals surface area contributed by atoms with Crippen molar-refractivity contribution in [2.75, 3.05) is 0 Å². The Bertz CT molecular complexity index is 3250. The Morgan fingerprint density at radius 2 is 0.875 bits per heavy atom. The summed E-state index contributed by atoms with van der Waals surface area (Å²) in [6, 6.07) is 51.9. The smallest absolute Gasteiger partial charge is 0.200 e. The van der Waals surface area contributed by atoms with E-state index in [1.165, 1.54) is 22.3 Å². The van der Waals surface area contributed by atoms with Crippen molar-refractivity contribution in [3.8, 4) is 45.0 Å². The monoisotopic (exact) mass is 720 g/mol. The number of benzene rings is 7. The van der Waals surface area contributed by atoms with E-state index in [4.69, 9.17) is 16.5 Å². The third kappa shape index (κ3) is 5.20. The molecule has 3 aromatic heterocycles. The van der Waals surface area contributed by atoms with Gasteiger partial charge in [0.2, 0.25) is 0 Å². The first-order chi connectivity index (χ1) is 27.4. The number of aryl methyl sites for hydroxylation is 4. The van der Waals surface area contributed by atoms with E-state index < -0.39 is 0 Å². The van der Waals surface area contributed by atoms with Crippen LogP contribution in [0.1, 0.15) is 22.8 Å². The Balaban J connectivity index is 1.38. The average molecular weight is 721 g/mol. The molecule has 6 nitrogen and oxygen atoms in total. The zero-order valence-electron chi connectivity index (χ0n) is 31.5. The fourth-order valence-electron chi connectivity index (χ4n) is 8.52. The van der Waals surface area contributed by atoms with Crippen molar-refractivity contribution < 1.29 is 0 Å². The van der Waals surface area contributed by atoms with Gasteiger partial charge in [-0.3, -0.25) is 0 Å². The Labute approximate surface area is 324 Å². The van der Waals surface area contributed by atoms with E-state index in [-0.39, 0.29) is 0 Å². The molecule has 7 aromatic carbocycles. The lowest BCUT2D eigenvalue weighted by Crippen LogP contribution is -2.06. The summed E-state index contributed by atoms with van der Waals surface area (Å²) < 4.78 is 4.71. The summed E-state index contributed by atoms with van der Waals surface area (Å²) in [6.45, 7) is 16.6. The van der Waals surface area contributed by atoms with Crippen molar-refractivity contribution in [2.45, 2.75) is 27.7 Å². The van der Waals surface area contributed by atoms with E-state index in [1.807, 2.05) is 19.9 Å². The van der Waals surface area contributed by atoms with Crippen LogP contribution >= 0.6 is 0 Å². The van der Waals surface area contributed by atoms with Gasteiger partial charge in [-0.25, -0.2) is 19.8 Å². The van der Waals surface area contributed by atoms with E-state index >= 15 is 0 Å². The molecule has 0 saturated carbocycles. The molecular weight excluding hydrogens is 685 g/mol. The lowest BCUT2D eigenvalue weighted by molar-refractivity contribution is 0.928. The lowest BCUT2D eigenvalue weighted by Gasteiger charge is -2.20. The van der Waals surface area contributed by atoms with E-state index in [0.29, 0.717) is 28.7 Å². The van der Waals surface area contributed by atoms with Gasteiger partial charge in [0.25, 0.3) is 0 Å². The van der Waals surface area contributed by atoms with Gasteiger partial charge in [-0.2, -0.15) is 0 Å². The first-order valence-electron chi connectivity index (χ1n) is 18.8. The number of rotatable bonds is 5. The standard InChI is InChI=1S/C50H36N6/c1-30-14-6-8-16-36(30)34-22-24-40-38-18-10-12-20-44(38)55(46(40)26-34)48-28-42(50-53-32(3)52-33(4)54-50)43(51-5)29-49(48)56-45-21-13-11-19-39(45)41-25-23-35(27-47(41)56)37-17-9-7-15-31(37)2/h6-29H,1-4H3. The van der Waals surface area contributed by atoms with Crippen molar-refractivity contribution >= 4 is 49.3 Å². The maximum atomic E-state index is 8.55. The molecule has 0 unspecified atom stereocenters. The molecule has 0 amide bonds. The molecule has 0 fully saturated rings. The van der Waals surface area contributed by atoms with Crippen LogP contribution < -0.4 is 0 Å². The molecule has 56 heavy (non-hydrogen) atoms. The zero-order chi connectivity index (χ0) is 38.1. The first-order valence-corrected chi connectivity index (χ1v) is 18.8. The number of aromatic nitrogens is 5. The van der Waals surface area contributed by atoms with Crippen LogP contribution in [0.2, 0.25) is 0 Å². The summed E-state index contributed by atoms with van der Waals surface area (Å²) in [5.74, 6) is 1.71. The van der Waals surface area contributed by atoms with Gasteiger partial charge in [-0.1, -0.05) is 109 Å². The van der Waals surface area contributed by atoms with Crippen molar-refractivity contribution in [1.29, 1.82) is 0 Å². The van der Waals surface area contributed by atoms with Crippen molar-refractivity contribution in [2.24, 2.45) is 0 Å². The highest BCUT2D eigenvalue weighted by molar-refractivity contribution is 6.13. The van der Waals surface area contributed by atoms with E-state index in [2.05, 4.69) is 172 Å². The van der Waals surface area contributed by atoms with Crippen molar-refractivity contribution in [3.05, 3.63) is 180 Å². The highest BCUT2D eigenvalue weighted by atomic mass is 15.1. The van der Waals surface area contributed by atoms with Crippen molar-refractivity contribution in [1.82, 2.24) is 24.1 Å². The van der Waals surface area contributed by atoms with Gasteiger partial charge in [-0.05, 0) is 97.5 Å².